The summed E-state index contributed by atoms with van der Waals surface area (Å²) in [5, 5.41) is 3.15. The molecule has 176 valence electrons. The van der Waals surface area contributed by atoms with Crippen LogP contribution < -0.4 is 10.2 Å². The smallest absolute Gasteiger partial charge is 0.251 e. The lowest BCUT2D eigenvalue weighted by Gasteiger charge is -2.30. The summed E-state index contributed by atoms with van der Waals surface area (Å²) in [6.07, 6.45) is 7.29. The van der Waals surface area contributed by atoms with E-state index in [9.17, 15) is 4.79 Å². The fourth-order valence-corrected chi connectivity index (χ4v) is 5.88. The second-order valence-electron chi connectivity index (χ2n) is 10.00. The van der Waals surface area contributed by atoms with Crippen molar-refractivity contribution < 1.29 is 4.79 Å². The lowest BCUT2D eigenvalue weighted by Crippen LogP contribution is -2.32. The zero-order valence-corrected chi connectivity index (χ0v) is 22.3. The fraction of sp³-hybridized carbons (Fsp3) is 0.630. The molecule has 32 heavy (non-hydrogen) atoms. The van der Waals surface area contributed by atoms with Gasteiger partial charge in [-0.25, -0.2) is 0 Å². The molecule has 0 bridgehead atoms. The number of allylic oxidation sites excluding steroid dienone is 1. The Labute approximate surface area is 203 Å². The van der Waals surface area contributed by atoms with Crippen molar-refractivity contribution in [3.8, 4) is 0 Å². The maximum Gasteiger partial charge on any atom is 0.251 e. The normalized spacial score (nSPS) is 22.0. The molecule has 3 unspecified atom stereocenters. The van der Waals surface area contributed by atoms with Gasteiger partial charge in [0.25, 0.3) is 5.91 Å². The van der Waals surface area contributed by atoms with Crippen LogP contribution in [-0.4, -0.2) is 37.8 Å². The van der Waals surface area contributed by atoms with Gasteiger partial charge in [0.2, 0.25) is 0 Å². The molecule has 4 nitrogen and oxygen atoms in total. The Morgan fingerprint density at radius 1 is 1.28 bits per heavy atom. The van der Waals surface area contributed by atoms with Crippen LogP contribution in [0.3, 0.4) is 0 Å². The summed E-state index contributed by atoms with van der Waals surface area (Å²) in [4.78, 5) is 20.1. The zero-order chi connectivity index (χ0) is 23.4. The molecule has 0 radical (unpaired) electrons. The molecule has 1 aromatic carbocycles. The highest BCUT2D eigenvalue weighted by Crippen LogP contribution is 2.39. The first-order valence-electron chi connectivity index (χ1n) is 12.2. The van der Waals surface area contributed by atoms with Gasteiger partial charge in [-0.3, -0.25) is 9.79 Å². The number of anilines is 1. The van der Waals surface area contributed by atoms with Crippen LogP contribution >= 0.6 is 15.9 Å². The highest BCUT2D eigenvalue weighted by Gasteiger charge is 2.31. The predicted octanol–water partition coefficient (Wildman–Crippen LogP) is 6.71. The van der Waals surface area contributed by atoms with Crippen LogP contribution in [0.4, 0.5) is 5.69 Å². The fourth-order valence-electron chi connectivity index (χ4n) is 5.43. The van der Waals surface area contributed by atoms with E-state index >= 15 is 0 Å². The molecular weight excluding hydrogens is 462 g/mol. The summed E-state index contributed by atoms with van der Waals surface area (Å²) in [5.41, 5.74) is 6.70. The summed E-state index contributed by atoms with van der Waals surface area (Å²) in [7, 11) is 2.20. The molecular formula is C27H40BrN3O. The number of aliphatic imine (C=N–C) groups is 1. The van der Waals surface area contributed by atoms with Crippen LogP contribution in [0.5, 0.6) is 0 Å². The van der Waals surface area contributed by atoms with E-state index in [1.165, 1.54) is 49.0 Å². The standard InChI is InChI=1S/C27H40BrN3O/c1-7-8-17(2)21-9-10-24(12-21)31(6)26-14-23(28)13-25(20(26)5)27(32)30-16-22-15-29-19(4)11-18(22)3/h13-14,17,21,24H,7-12,15-16H2,1-6H3,(H,30,32). The minimum atomic E-state index is -0.00843. The van der Waals surface area contributed by atoms with Crippen molar-refractivity contribution in [2.45, 2.75) is 79.2 Å². The monoisotopic (exact) mass is 501 g/mol. The Morgan fingerprint density at radius 2 is 2.03 bits per heavy atom. The van der Waals surface area contributed by atoms with E-state index in [2.05, 4.69) is 78.9 Å². The van der Waals surface area contributed by atoms with Crippen LogP contribution in [0.2, 0.25) is 0 Å². The van der Waals surface area contributed by atoms with Crippen molar-refractivity contribution in [2.24, 2.45) is 16.8 Å². The van der Waals surface area contributed by atoms with Crippen molar-refractivity contribution in [1.82, 2.24) is 5.32 Å². The molecule has 1 amide bonds. The predicted molar refractivity (Wildman–Crippen MR) is 140 cm³/mol. The SMILES string of the molecule is CCCC(C)C1CCC(N(C)c2cc(Br)cc(C(=O)NCC3=C(C)CC(C)=NC3)c2C)C1. The lowest BCUT2D eigenvalue weighted by molar-refractivity contribution is 0.0956. The van der Waals surface area contributed by atoms with Gasteiger partial charge in [-0.1, -0.05) is 48.2 Å². The minimum Gasteiger partial charge on any atom is -0.371 e. The molecule has 5 heteroatoms. The van der Waals surface area contributed by atoms with Crippen molar-refractivity contribution in [3.63, 3.8) is 0 Å². The molecule has 3 rings (SSSR count). The van der Waals surface area contributed by atoms with E-state index in [4.69, 9.17) is 0 Å². The molecule has 1 aliphatic carbocycles. The molecule has 1 saturated carbocycles. The summed E-state index contributed by atoms with van der Waals surface area (Å²) < 4.78 is 0.956. The molecule has 3 atom stereocenters. The van der Waals surface area contributed by atoms with Gasteiger partial charge in [-0.2, -0.15) is 0 Å². The first-order chi connectivity index (χ1) is 15.2. The van der Waals surface area contributed by atoms with E-state index in [-0.39, 0.29) is 5.91 Å². The third kappa shape index (κ3) is 5.84. The number of carbonyl (C=O) groups is 1. The lowest BCUT2D eigenvalue weighted by atomic mass is 9.89. The van der Waals surface area contributed by atoms with E-state index in [0.717, 1.165) is 39.5 Å². The number of rotatable bonds is 8. The van der Waals surface area contributed by atoms with Crippen LogP contribution in [-0.2, 0) is 0 Å². The van der Waals surface area contributed by atoms with Gasteiger partial charge in [0.15, 0.2) is 0 Å². The van der Waals surface area contributed by atoms with E-state index < -0.39 is 0 Å². The molecule has 0 aromatic heterocycles. The number of benzene rings is 1. The number of hydrogen-bond acceptors (Lipinski definition) is 3. The van der Waals surface area contributed by atoms with Crippen molar-refractivity contribution in [1.29, 1.82) is 0 Å². The Kier molecular flexibility index (Phi) is 8.60. The first kappa shape index (κ1) is 25.0. The highest BCUT2D eigenvalue weighted by atomic mass is 79.9. The van der Waals surface area contributed by atoms with Gasteiger partial charge in [0, 0.05) is 47.5 Å². The van der Waals surface area contributed by atoms with Gasteiger partial charge < -0.3 is 10.2 Å². The average molecular weight is 503 g/mol. The van der Waals surface area contributed by atoms with Crippen LogP contribution in [0.1, 0.15) is 82.1 Å². The topological polar surface area (TPSA) is 44.7 Å². The summed E-state index contributed by atoms with van der Waals surface area (Å²) in [5.74, 6) is 1.61. The summed E-state index contributed by atoms with van der Waals surface area (Å²) >= 11 is 3.66. The van der Waals surface area contributed by atoms with Crippen LogP contribution in [0, 0.1) is 18.8 Å². The quantitative estimate of drug-likeness (QED) is 0.402. The second-order valence-corrected chi connectivity index (χ2v) is 10.9. The van der Waals surface area contributed by atoms with Gasteiger partial charge >= 0.3 is 0 Å². The van der Waals surface area contributed by atoms with E-state index in [1.54, 1.807) is 0 Å². The molecule has 1 N–H and O–H groups in total. The van der Waals surface area contributed by atoms with Crippen LogP contribution in [0.25, 0.3) is 0 Å². The Morgan fingerprint density at radius 3 is 2.72 bits per heavy atom. The van der Waals surface area contributed by atoms with Gasteiger partial charge in [0.1, 0.15) is 0 Å². The van der Waals surface area contributed by atoms with Crippen LogP contribution in [0.15, 0.2) is 32.7 Å². The Balaban J connectivity index is 1.71. The Hall–Kier alpha value is -1.62. The van der Waals surface area contributed by atoms with E-state index in [0.29, 0.717) is 19.1 Å². The number of nitrogens with one attached hydrogen (secondary N) is 1. The molecule has 1 aliphatic heterocycles. The third-order valence-corrected chi connectivity index (χ3v) is 8.10. The third-order valence-electron chi connectivity index (χ3n) is 7.64. The number of hydrogen-bond donors (Lipinski definition) is 1. The van der Waals surface area contributed by atoms with E-state index in [1.807, 2.05) is 6.07 Å². The Bertz CT molecular complexity index is 904. The molecule has 1 aromatic rings. The summed E-state index contributed by atoms with van der Waals surface area (Å²) in [6.45, 7) is 12.3. The molecule has 0 spiro atoms. The number of halogens is 1. The largest absolute Gasteiger partial charge is 0.371 e. The minimum absolute atomic E-state index is 0.00843. The van der Waals surface area contributed by atoms with Crippen molar-refractivity contribution in [3.05, 3.63) is 38.9 Å². The van der Waals surface area contributed by atoms with Gasteiger partial charge in [-0.05, 0) is 75.1 Å². The molecule has 2 aliphatic rings. The van der Waals surface area contributed by atoms with Gasteiger partial charge in [-0.15, -0.1) is 0 Å². The molecule has 1 heterocycles. The maximum atomic E-state index is 13.1. The zero-order valence-electron chi connectivity index (χ0n) is 20.7. The van der Waals surface area contributed by atoms with Crippen molar-refractivity contribution in [2.75, 3.05) is 25.0 Å². The van der Waals surface area contributed by atoms with Gasteiger partial charge in [0.05, 0.1) is 6.54 Å². The highest BCUT2D eigenvalue weighted by molar-refractivity contribution is 9.10. The maximum absolute atomic E-state index is 13.1. The number of nitrogens with zero attached hydrogens (tertiary/aromatic N) is 2. The number of amides is 1. The van der Waals surface area contributed by atoms with Crippen molar-refractivity contribution >= 4 is 33.2 Å². The second kappa shape index (κ2) is 11.0. The molecule has 1 fully saturated rings. The molecule has 0 saturated heterocycles. The average Bonchev–Trinajstić information content (AvgIpc) is 3.24. The number of carbonyl (C=O) groups excluding carboxylic acids is 1. The first-order valence-corrected chi connectivity index (χ1v) is 13.0. The number of dihydropyridines is 1. The summed E-state index contributed by atoms with van der Waals surface area (Å²) in [6, 6.07) is 4.66.